The number of phosphoric acid groups is 3. The van der Waals surface area contributed by atoms with Gasteiger partial charge in [-0.1, -0.05) is 5.92 Å². The summed E-state index contributed by atoms with van der Waals surface area (Å²) in [4.78, 5) is 61.7. The Labute approximate surface area is 184 Å². The Kier molecular flexibility index (Phi) is 8.78. The predicted octanol–water partition coefficient (Wildman–Crippen LogP) is -1.48. The van der Waals surface area contributed by atoms with Gasteiger partial charge in [-0.2, -0.15) is 8.62 Å². The summed E-state index contributed by atoms with van der Waals surface area (Å²) < 4.78 is 56.9. The highest BCUT2D eigenvalue weighted by molar-refractivity contribution is 7.66. The molecule has 1 aromatic rings. The van der Waals surface area contributed by atoms with E-state index in [4.69, 9.17) is 24.2 Å². The summed E-state index contributed by atoms with van der Waals surface area (Å²) >= 11 is 0. The van der Waals surface area contributed by atoms with E-state index in [0.717, 1.165) is 17.9 Å². The molecular formula is C13H19N2O15P3. The van der Waals surface area contributed by atoms with Gasteiger partial charge in [0.15, 0.2) is 6.23 Å². The Morgan fingerprint density at radius 2 is 1.79 bits per heavy atom. The van der Waals surface area contributed by atoms with Crippen molar-refractivity contribution >= 4 is 23.5 Å². The Bertz CT molecular complexity index is 1190. The molecule has 1 saturated heterocycles. The molecule has 20 heteroatoms. The largest absolute Gasteiger partial charge is 0.490 e. The predicted molar refractivity (Wildman–Crippen MR) is 104 cm³/mol. The van der Waals surface area contributed by atoms with Crippen LogP contribution in [-0.4, -0.2) is 66.3 Å². The monoisotopic (exact) mass is 536 g/mol. The van der Waals surface area contributed by atoms with Crippen LogP contribution in [0.25, 0.3) is 0 Å². The zero-order valence-electron chi connectivity index (χ0n) is 16.7. The van der Waals surface area contributed by atoms with Crippen molar-refractivity contribution in [2.45, 2.75) is 31.5 Å². The van der Waals surface area contributed by atoms with Crippen LogP contribution >= 0.6 is 23.5 Å². The fourth-order valence-corrected chi connectivity index (χ4v) is 5.73. The van der Waals surface area contributed by atoms with E-state index in [1.54, 1.807) is 0 Å². The maximum atomic E-state index is 12.2. The summed E-state index contributed by atoms with van der Waals surface area (Å²) in [6, 6.07) is 0. The highest BCUT2D eigenvalue weighted by atomic mass is 31.3. The van der Waals surface area contributed by atoms with Crippen molar-refractivity contribution in [2.24, 2.45) is 0 Å². The lowest BCUT2D eigenvalue weighted by molar-refractivity contribution is -0.0620. The number of aliphatic hydroxyl groups is 1. The van der Waals surface area contributed by atoms with Crippen LogP contribution in [0.4, 0.5) is 0 Å². The van der Waals surface area contributed by atoms with Crippen LogP contribution < -0.4 is 11.2 Å². The average Bonchev–Trinajstić information content (AvgIpc) is 2.95. The Morgan fingerprint density at radius 1 is 1.15 bits per heavy atom. The van der Waals surface area contributed by atoms with E-state index in [0.29, 0.717) is 0 Å². The minimum atomic E-state index is -5.73. The smallest absolute Gasteiger partial charge is 0.387 e. The van der Waals surface area contributed by atoms with Crippen LogP contribution in [0.2, 0.25) is 0 Å². The van der Waals surface area contributed by atoms with Gasteiger partial charge < -0.3 is 34.2 Å². The van der Waals surface area contributed by atoms with E-state index in [1.165, 1.54) is 6.92 Å². The quantitative estimate of drug-likeness (QED) is 0.155. The van der Waals surface area contributed by atoms with Gasteiger partial charge in [-0.25, -0.2) is 18.5 Å². The van der Waals surface area contributed by atoms with Crippen molar-refractivity contribution in [3.05, 3.63) is 32.6 Å². The lowest BCUT2D eigenvalue weighted by Gasteiger charge is -2.20. The van der Waals surface area contributed by atoms with E-state index in [-0.39, 0.29) is 5.56 Å². The van der Waals surface area contributed by atoms with Crippen LogP contribution in [0.15, 0.2) is 15.8 Å². The molecule has 6 atom stereocenters. The first kappa shape index (κ1) is 27.8. The first-order valence-electron chi connectivity index (χ1n) is 8.52. The lowest BCUT2D eigenvalue weighted by atomic mass is 10.1. The number of nitrogens with zero attached hydrogens (tertiary/aromatic N) is 1. The van der Waals surface area contributed by atoms with E-state index >= 15 is 0 Å². The number of hydrogen-bond acceptors (Lipinski definition) is 11. The van der Waals surface area contributed by atoms with Crippen LogP contribution in [0, 0.1) is 11.8 Å². The Hall–Kier alpha value is -1.47. The fourth-order valence-electron chi connectivity index (χ4n) is 2.70. The van der Waals surface area contributed by atoms with Gasteiger partial charge in [0.1, 0.15) is 23.9 Å². The molecule has 0 bridgehead atoms. The maximum Gasteiger partial charge on any atom is 0.490 e. The molecule has 2 unspecified atom stereocenters. The van der Waals surface area contributed by atoms with Crippen molar-refractivity contribution in [3.63, 3.8) is 0 Å². The molecule has 0 radical (unpaired) electrons. The summed E-state index contributed by atoms with van der Waals surface area (Å²) in [5.74, 6) is 4.94. The fraction of sp³-hybridized carbons (Fsp3) is 0.538. The normalized spacial score (nSPS) is 26.8. The van der Waals surface area contributed by atoms with Gasteiger partial charge in [-0.05, 0) is 6.92 Å². The number of phosphoric ester groups is 1. The minimum Gasteiger partial charge on any atom is -0.387 e. The Balaban J connectivity index is 2.20. The van der Waals surface area contributed by atoms with Crippen molar-refractivity contribution in [2.75, 3.05) is 13.7 Å². The molecule has 0 saturated carbocycles. The standard InChI is InChI=1S/C13H19N2O15P3/c1-3-4-7-5-15(13(18)14-11(7)17)12-10(26-2)9(16)8(28-12)6-27-32(22,23)30-33(24,25)29-31(19,20)21/h5,8-10,12,16H,6H2,1-2H3,(H,22,23)(H,24,25)(H,14,17,18)(H2,19,20,21)/t8-,9+,10-,12-/m1/s1. The summed E-state index contributed by atoms with van der Waals surface area (Å²) in [6.45, 7) is 0.461. The van der Waals surface area contributed by atoms with Crippen LogP contribution in [0.5, 0.6) is 0 Å². The second-order valence-electron chi connectivity index (χ2n) is 6.23. The van der Waals surface area contributed by atoms with Gasteiger partial charge >= 0.3 is 29.2 Å². The highest BCUT2D eigenvalue weighted by Crippen LogP contribution is 2.66. The van der Waals surface area contributed by atoms with E-state index in [2.05, 4.69) is 25.0 Å². The topological polar surface area (TPSA) is 253 Å². The molecule has 1 fully saturated rings. The van der Waals surface area contributed by atoms with E-state index in [1.807, 2.05) is 4.98 Å². The molecule has 0 amide bonds. The number of aromatic nitrogens is 2. The third kappa shape index (κ3) is 7.51. The van der Waals surface area contributed by atoms with Gasteiger partial charge in [0.25, 0.3) is 5.56 Å². The number of nitrogens with one attached hydrogen (secondary N) is 1. The maximum absolute atomic E-state index is 12.2. The van der Waals surface area contributed by atoms with Gasteiger partial charge in [0.2, 0.25) is 0 Å². The lowest BCUT2D eigenvalue weighted by Crippen LogP contribution is -2.39. The minimum absolute atomic E-state index is 0.109. The number of methoxy groups -OCH3 is 1. The average molecular weight is 536 g/mol. The molecule has 0 aromatic carbocycles. The number of aliphatic hydroxyl groups excluding tert-OH is 1. The van der Waals surface area contributed by atoms with Crippen LogP contribution in [0.3, 0.4) is 0 Å². The van der Waals surface area contributed by atoms with Crippen molar-refractivity contribution in [1.29, 1.82) is 0 Å². The molecule has 2 heterocycles. The molecule has 0 aliphatic carbocycles. The van der Waals surface area contributed by atoms with Gasteiger partial charge in [0, 0.05) is 13.3 Å². The number of ether oxygens (including phenoxy) is 2. The number of H-pyrrole nitrogens is 1. The second-order valence-corrected chi connectivity index (χ2v) is 10.6. The molecule has 1 aromatic heterocycles. The first-order valence-corrected chi connectivity index (χ1v) is 13.0. The highest BCUT2D eigenvalue weighted by Gasteiger charge is 2.47. The molecule has 186 valence electrons. The molecule has 33 heavy (non-hydrogen) atoms. The number of aromatic amines is 1. The van der Waals surface area contributed by atoms with E-state index < -0.39 is 65.9 Å². The SMILES string of the molecule is CC#Cc1cn([C@@H]2O[C@H](COP(=O)(O)OP(=O)(O)OP(=O)(O)O)[C@H](O)[C@H]2OC)c(=O)[nH]c1=O. The summed E-state index contributed by atoms with van der Waals surface area (Å²) in [7, 11) is -15.6. The summed E-state index contributed by atoms with van der Waals surface area (Å²) in [6.07, 6.45) is -4.66. The molecule has 1 aliphatic rings. The molecule has 17 nitrogen and oxygen atoms in total. The molecule has 2 rings (SSSR count). The third-order valence-electron chi connectivity index (χ3n) is 3.90. The summed E-state index contributed by atoms with van der Waals surface area (Å²) in [5.41, 5.74) is -1.83. The molecular weight excluding hydrogens is 517 g/mol. The third-order valence-corrected chi connectivity index (χ3v) is 7.71. The van der Waals surface area contributed by atoms with Crippen LogP contribution in [0.1, 0.15) is 18.7 Å². The second kappa shape index (κ2) is 10.4. The number of hydrogen-bond donors (Lipinski definition) is 6. The van der Waals surface area contributed by atoms with Gasteiger partial charge in [0.05, 0.1) is 6.61 Å². The zero-order chi connectivity index (χ0) is 25.2. The molecule has 0 spiro atoms. The summed E-state index contributed by atoms with van der Waals surface area (Å²) in [5, 5.41) is 10.4. The van der Waals surface area contributed by atoms with Crippen molar-refractivity contribution in [3.8, 4) is 11.8 Å². The molecule has 6 N–H and O–H groups in total. The number of rotatable bonds is 9. The van der Waals surface area contributed by atoms with Crippen molar-refractivity contribution < 1.29 is 61.0 Å². The zero-order valence-corrected chi connectivity index (χ0v) is 19.4. The van der Waals surface area contributed by atoms with E-state index in [9.17, 15) is 33.3 Å². The Morgan fingerprint density at radius 3 is 2.33 bits per heavy atom. The first-order chi connectivity index (χ1) is 15.1. The van der Waals surface area contributed by atoms with Crippen LogP contribution in [-0.2, 0) is 36.3 Å². The van der Waals surface area contributed by atoms with Gasteiger partial charge in [-0.3, -0.25) is 18.9 Å². The van der Waals surface area contributed by atoms with Gasteiger partial charge in [-0.15, -0.1) is 5.92 Å². The molecule has 1 aliphatic heterocycles. The van der Waals surface area contributed by atoms with Crippen molar-refractivity contribution in [1.82, 2.24) is 9.55 Å².